The van der Waals surface area contributed by atoms with E-state index in [1.807, 2.05) is 18.2 Å². The molecule has 0 aliphatic heterocycles. The fourth-order valence-corrected chi connectivity index (χ4v) is 8.17. The summed E-state index contributed by atoms with van der Waals surface area (Å²) < 4.78 is 48.5. The van der Waals surface area contributed by atoms with E-state index in [1.54, 1.807) is 39.8 Å². The van der Waals surface area contributed by atoms with Crippen molar-refractivity contribution < 1.29 is 32.3 Å². The molecular formula is C18H32O7P2. The average molecular weight is 422 g/mol. The number of rotatable bonds is 14. The molecule has 1 N–H and O–H groups in total. The maximum atomic E-state index is 13.4. The van der Waals surface area contributed by atoms with E-state index in [9.17, 15) is 14.2 Å². The lowest BCUT2D eigenvalue weighted by Gasteiger charge is -2.31. The first-order chi connectivity index (χ1) is 12.9. The van der Waals surface area contributed by atoms with Crippen LogP contribution in [0.1, 0.15) is 52.2 Å². The molecular weight excluding hydrogens is 390 g/mol. The molecule has 0 amide bonds. The summed E-state index contributed by atoms with van der Waals surface area (Å²) in [7, 11) is -7.56. The van der Waals surface area contributed by atoms with Crippen molar-refractivity contribution in [2.45, 2.75) is 52.0 Å². The minimum atomic E-state index is -3.78. The normalized spacial score (nSPS) is 13.9. The Kier molecular flexibility index (Phi) is 11.0. The molecule has 0 radical (unpaired) electrons. The minimum Gasteiger partial charge on any atom is -0.388 e. The van der Waals surface area contributed by atoms with Crippen molar-refractivity contribution in [3.63, 3.8) is 0 Å². The number of aliphatic hydroxyl groups excluding tert-OH is 1. The van der Waals surface area contributed by atoms with E-state index in [-0.39, 0.29) is 39.3 Å². The molecule has 9 heteroatoms. The largest absolute Gasteiger partial charge is 0.388 e. The van der Waals surface area contributed by atoms with Crippen molar-refractivity contribution in [2.75, 3.05) is 26.4 Å². The van der Waals surface area contributed by atoms with Crippen LogP contribution in [-0.4, -0.2) is 36.9 Å². The van der Waals surface area contributed by atoms with Crippen molar-refractivity contribution in [1.82, 2.24) is 0 Å². The summed E-state index contributed by atoms with van der Waals surface area (Å²) in [6, 6.07) is 9.11. The Labute approximate surface area is 162 Å². The van der Waals surface area contributed by atoms with Gasteiger partial charge in [-0.15, -0.1) is 0 Å². The third-order valence-corrected chi connectivity index (χ3v) is 9.99. The molecule has 7 nitrogen and oxygen atoms in total. The monoisotopic (exact) mass is 422 g/mol. The molecule has 0 spiro atoms. The maximum Gasteiger partial charge on any atom is 0.345 e. The Hall–Kier alpha value is -0.520. The Morgan fingerprint density at radius 2 is 1.19 bits per heavy atom. The lowest BCUT2D eigenvalue weighted by Crippen LogP contribution is -2.19. The summed E-state index contributed by atoms with van der Waals surface area (Å²) in [6.45, 7) is 7.28. The van der Waals surface area contributed by atoms with Crippen LogP contribution in [0.15, 0.2) is 30.3 Å². The highest BCUT2D eigenvalue weighted by molar-refractivity contribution is 7.72. The maximum absolute atomic E-state index is 13.4. The predicted molar refractivity (Wildman–Crippen MR) is 106 cm³/mol. The number of hydrogen-bond donors (Lipinski definition) is 1. The molecule has 0 bridgehead atoms. The van der Waals surface area contributed by atoms with Gasteiger partial charge in [-0.3, -0.25) is 9.13 Å². The molecule has 0 aliphatic rings. The van der Waals surface area contributed by atoms with Gasteiger partial charge in [0.15, 0.2) is 5.40 Å². The molecule has 156 valence electrons. The zero-order valence-electron chi connectivity index (χ0n) is 16.6. The number of aliphatic hydroxyl groups is 1. The molecule has 0 saturated heterocycles. The van der Waals surface area contributed by atoms with Crippen LogP contribution < -0.4 is 0 Å². The van der Waals surface area contributed by atoms with Gasteiger partial charge in [-0.05, 0) is 46.1 Å². The van der Waals surface area contributed by atoms with Gasteiger partial charge in [0, 0.05) is 0 Å². The van der Waals surface area contributed by atoms with E-state index >= 15 is 0 Å². The fourth-order valence-electron chi connectivity index (χ4n) is 2.78. The van der Waals surface area contributed by atoms with Crippen LogP contribution in [0.5, 0.6) is 0 Å². The quantitative estimate of drug-likeness (QED) is 0.404. The van der Waals surface area contributed by atoms with Gasteiger partial charge >= 0.3 is 15.2 Å². The van der Waals surface area contributed by atoms with Gasteiger partial charge in [-0.1, -0.05) is 30.3 Å². The summed E-state index contributed by atoms with van der Waals surface area (Å²) in [6.07, 6.45) is -0.491. The summed E-state index contributed by atoms with van der Waals surface area (Å²) in [5.41, 5.74) is 0.724. The van der Waals surface area contributed by atoms with Gasteiger partial charge < -0.3 is 23.2 Å². The molecule has 0 saturated carbocycles. The standard InChI is InChI=1S/C18H32O7P2/c1-5-22-26(20,23-6-2)18(27(21,24-7-3)25-8-4)15-14-17(19)16-12-10-9-11-13-16/h9-13,17-19H,5-8,14-15H2,1-4H3. The first kappa shape index (κ1) is 24.5. The topological polar surface area (TPSA) is 91.3 Å². The number of benzene rings is 1. The molecule has 1 aromatic carbocycles. The summed E-state index contributed by atoms with van der Waals surface area (Å²) in [4.78, 5) is 0. The van der Waals surface area contributed by atoms with Gasteiger partial charge in [0.25, 0.3) is 0 Å². The molecule has 1 atom stereocenters. The Morgan fingerprint density at radius 3 is 1.56 bits per heavy atom. The van der Waals surface area contributed by atoms with Crippen LogP contribution in [0, 0.1) is 0 Å². The first-order valence-electron chi connectivity index (χ1n) is 9.37. The Morgan fingerprint density at radius 1 is 0.778 bits per heavy atom. The van der Waals surface area contributed by atoms with E-state index in [1.165, 1.54) is 0 Å². The molecule has 1 rings (SSSR count). The summed E-state index contributed by atoms with van der Waals surface area (Å²) >= 11 is 0. The van der Waals surface area contributed by atoms with Crippen molar-refractivity contribution in [2.24, 2.45) is 0 Å². The van der Waals surface area contributed by atoms with Crippen molar-refractivity contribution >= 4 is 15.2 Å². The second kappa shape index (κ2) is 12.1. The second-order valence-electron chi connectivity index (χ2n) is 5.74. The highest BCUT2D eigenvalue weighted by atomic mass is 31.2. The highest BCUT2D eigenvalue weighted by Crippen LogP contribution is 2.71. The molecule has 1 aromatic rings. The average Bonchev–Trinajstić information content (AvgIpc) is 2.63. The smallest absolute Gasteiger partial charge is 0.345 e. The molecule has 0 aromatic heterocycles. The van der Waals surface area contributed by atoms with Crippen LogP contribution in [0.25, 0.3) is 0 Å². The van der Waals surface area contributed by atoms with E-state index in [2.05, 4.69) is 0 Å². The minimum absolute atomic E-state index is 0.102. The fraction of sp³-hybridized carbons (Fsp3) is 0.667. The van der Waals surface area contributed by atoms with Gasteiger partial charge in [0.1, 0.15) is 0 Å². The van der Waals surface area contributed by atoms with E-state index < -0.39 is 26.7 Å². The highest BCUT2D eigenvalue weighted by Gasteiger charge is 2.50. The summed E-state index contributed by atoms with van der Waals surface area (Å²) in [5.74, 6) is 0. The van der Waals surface area contributed by atoms with Crippen molar-refractivity contribution in [3.8, 4) is 0 Å². The van der Waals surface area contributed by atoms with Gasteiger partial charge in [0.2, 0.25) is 0 Å². The zero-order valence-corrected chi connectivity index (χ0v) is 18.4. The molecule has 0 heterocycles. The van der Waals surface area contributed by atoms with Crippen LogP contribution in [0.3, 0.4) is 0 Å². The lowest BCUT2D eigenvalue weighted by molar-refractivity contribution is 0.158. The third kappa shape index (κ3) is 7.10. The third-order valence-electron chi connectivity index (χ3n) is 3.85. The van der Waals surface area contributed by atoms with Gasteiger partial charge in [-0.25, -0.2) is 0 Å². The summed E-state index contributed by atoms with van der Waals surface area (Å²) in [5, 5.41) is 9.37. The molecule has 1 unspecified atom stereocenters. The van der Waals surface area contributed by atoms with Crippen LogP contribution in [0.4, 0.5) is 0 Å². The Balaban J connectivity index is 3.15. The van der Waals surface area contributed by atoms with Crippen LogP contribution in [-0.2, 0) is 27.2 Å². The van der Waals surface area contributed by atoms with E-state index in [0.717, 1.165) is 5.56 Å². The SMILES string of the molecule is CCOP(=O)(OCC)C(CCC(O)c1ccccc1)P(=O)(OCC)OCC. The van der Waals surface area contributed by atoms with Crippen LogP contribution >= 0.6 is 15.2 Å². The van der Waals surface area contributed by atoms with E-state index in [0.29, 0.717) is 0 Å². The zero-order chi connectivity index (χ0) is 20.3. The van der Waals surface area contributed by atoms with Gasteiger partial charge in [0.05, 0.1) is 32.5 Å². The molecule has 0 fully saturated rings. The van der Waals surface area contributed by atoms with Crippen LogP contribution in [0.2, 0.25) is 0 Å². The van der Waals surface area contributed by atoms with Gasteiger partial charge in [-0.2, -0.15) is 0 Å². The Bertz CT molecular complexity index is 573. The van der Waals surface area contributed by atoms with Crippen molar-refractivity contribution in [3.05, 3.63) is 35.9 Å². The van der Waals surface area contributed by atoms with Crippen molar-refractivity contribution in [1.29, 1.82) is 0 Å². The first-order valence-corrected chi connectivity index (χ1v) is 12.6. The predicted octanol–water partition coefficient (Wildman–Crippen LogP) is 5.36. The van der Waals surface area contributed by atoms with E-state index in [4.69, 9.17) is 18.1 Å². The molecule has 0 aliphatic carbocycles. The molecule has 27 heavy (non-hydrogen) atoms. The lowest BCUT2D eigenvalue weighted by atomic mass is 10.1. The number of hydrogen-bond acceptors (Lipinski definition) is 7. The second-order valence-corrected chi connectivity index (χ2v) is 10.6.